The minimum Gasteiger partial charge on any atom is -0.445 e. The van der Waals surface area contributed by atoms with E-state index in [1.165, 1.54) is 30.6 Å². The monoisotopic (exact) mass is 256 g/mol. The molecule has 0 aromatic carbocycles. The molecule has 1 fully saturated rings. The third kappa shape index (κ3) is 5.71. The van der Waals surface area contributed by atoms with Gasteiger partial charge >= 0.3 is 6.09 Å². The fourth-order valence-corrected chi connectivity index (χ4v) is 2.32. The lowest BCUT2D eigenvalue weighted by Crippen LogP contribution is -2.42. The van der Waals surface area contributed by atoms with Gasteiger partial charge in [0.25, 0.3) is 0 Å². The zero-order chi connectivity index (χ0) is 13.4. The van der Waals surface area contributed by atoms with Crippen LogP contribution in [-0.4, -0.2) is 55.7 Å². The Hall–Kier alpha value is -0.770. The molecule has 1 aliphatic heterocycles. The molecule has 0 unspecified atom stereocenters. The van der Waals surface area contributed by atoms with Crippen LogP contribution < -0.4 is 0 Å². The van der Waals surface area contributed by atoms with E-state index in [2.05, 4.69) is 11.8 Å². The van der Waals surface area contributed by atoms with Crippen LogP contribution in [0, 0.1) is 0 Å². The molecule has 0 N–H and O–H groups in total. The summed E-state index contributed by atoms with van der Waals surface area (Å²) in [5, 5.41) is 0. The molecule has 18 heavy (non-hydrogen) atoms. The average molecular weight is 256 g/mol. The van der Waals surface area contributed by atoms with E-state index in [1.54, 1.807) is 14.1 Å². The molecular weight excluding hydrogens is 228 g/mol. The van der Waals surface area contributed by atoms with Crippen molar-refractivity contribution < 1.29 is 9.53 Å². The Bertz CT molecular complexity index is 244. The first-order valence-electron chi connectivity index (χ1n) is 7.23. The maximum absolute atomic E-state index is 11.5. The highest BCUT2D eigenvalue weighted by Crippen LogP contribution is 2.15. The summed E-state index contributed by atoms with van der Waals surface area (Å²) in [6, 6.07) is 0. The van der Waals surface area contributed by atoms with E-state index in [0.29, 0.717) is 0 Å². The minimum absolute atomic E-state index is 0.0832. The first-order valence-corrected chi connectivity index (χ1v) is 7.23. The van der Waals surface area contributed by atoms with Crippen LogP contribution in [0.25, 0.3) is 0 Å². The van der Waals surface area contributed by atoms with Crippen LogP contribution in [0.4, 0.5) is 4.79 Å². The Morgan fingerprint density at radius 2 is 2.11 bits per heavy atom. The number of amides is 1. The summed E-state index contributed by atoms with van der Waals surface area (Å²) in [5.74, 6) is 0. The zero-order valence-corrected chi connectivity index (χ0v) is 12.2. The molecule has 0 radical (unpaired) electrons. The molecule has 106 valence electrons. The third-order valence-corrected chi connectivity index (χ3v) is 3.42. The summed E-state index contributed by atoms with van der Waals surface area (Å²) < 4.78 is 5.46. The van der Waals surface area contributed by atoms with E-state index in [0.717, 1.165) is 32.5 Å². The van der Waals surface area contributed by atoms with Gasteiger partial charge in [-0.25, -0.2) is 4.79 Å². The highest BCUT2D eigenvalue weighted by molar-refractivity contribution is 5.66. The summed E-state index contributed by atoms with van der Waals surface area (Å²) in [6.07, 6.45) is 7.20. The second-order valence-corrected chi connectivity index (χ2v) is 5.40. The molecular formula is C14H28N2O2. The first kappa shape index (κ1) is 15.3. The van der Waals surface area contributed by atoms with Crippen LogP contribution in [0.3, 0.4) is 0 Å². The first-order chi connectivity index (χ1) is 8.63. The van der Waals surface area contributed by atoms with Gasteiger partial charge in [-0.1, -0.05) is 26.2 Å². The molecule has 0 bridgehead atoms. The number of hydrogen-bond acceptors (Lipinski definition) is 3. The third-order valence-electron chi connectivity index (χ3n) is 3.42. The highest BCUT2D eigenvalue weighted by Gasteiger charge is 2.23. The number of ether oxygens (including phenoxy) is 1. The Morgan fingerprint density at radius 1 is 1.33 bits per heavy atom. The molecule has 1 amide bonds. The number of carbonyl (C=O) groups is 1. The summed E-state index contributed by atoms with van der Waals surface area (Å²) >= 11 is 0. The van der Waals surface area contributed by atoms with Crippen LogP contribution >= 0.6 is 0 Å². The van der Waals surface area contributed by atoms with Gasteiger partial charge < -0.3 is 9.64 Å². The largest absolute Gasteiger partial charge is 0.445 e. The lowest BCUT2D eigenvalue weighted by molar-refractivity contribution is 0.0283. The van der Waals surface area contributed by atoms with Crippen molar-refractivity contribution in [3.05, 3.63) is 0 Å². The van der Waals surface area contributed by atoms with Gasteiger partial charge in [-0.2, -0.15) is 0 Å². The van der Waals surface area contributed by atoms with Gasteiger partial charge in [-0.15, -0.1) is 0 Å². The van der Waals surface area contributed by atoms with Crippen molar-refractivity contribution in [3.63, 3.8) is 0 Å². The number of hydrogen-bond donors (Lipinski definition) is 0. The molecule has 4 nitrogen and oxygen atoms in total. The molecule has 1 heterocycles. The van der Waals surface area contributed by atoms with Gasteiger partial charge in [0.1, 0.15) is 6.10 Å². The van der Waals surface area contributed by atoms with Crippen LogP contribution in [-0.2, 0) is 4.74 Å². The Morgan fingerprint density at radius 3 is 2.78 bits per heavy atom. The molecule has 0 spiro atoms. The van der Waals surface area contributed by atoms with E-state index in [-0.39, 0.29) is 12.2 Å². The van der Waals surface area contributed by atoms with Crippen LogP contribution in [0.5, 0.6) is 0 Å². The molecule has 1 aliphatic rings. The normalized spacial score (nSPS) is 20.7. The van der Waals surface area contributed by atoms with Gasteiger partial charge in [0.15, 0.2) is 0 Å². The van der Waals surface area contributed by atoms with Gasteiger partial charge in [0.2, 0.25) is 0 Å². The fourth-order valence-electron chi connectivity index (χ4n) is 2.32. The van der Waals surface area contributed by atoms with Crippen molar-refractivity contribution in [2.45, 2.75) is 51.6 Å². The quantitative estimate of drug-likeness (QED) is 0.685. The van der Waals surface area contributed by atoms with Gasteiger partial charge in [-0.05, 0) is 32.4 Å². The molecule has 1 atom stereocenters. The molecule has 0 aliphatic carbocycles. The number of piperidine rings is 1. The van der Waals surface area contributed by atoms with Gasteiger partial charge in [0, 0.05) is 20.6 Å². The maximum Gasteiger partial charge on any atom is 0.409 e. The second kappa shape index (κ2) is 8.35. The fraction of sp³-hybridized carbons (Fsp3) is 0.929. The van der Waals surface area contributed by atoms with Crippen LogP contribution in [0.15, 0.2) is 0 Å². The number of rotatable bonds is 6. The molecule has 4 heteroatoms. The number of nitrogens with zero attached hydrogens (tertiary/aromatic N) is 2. The van der Waals surface area contributed by atoms with Crippen LogP contribution in [0.2, 0.25) is 0 Å². The highest BCUT2D eigenvalue weighted by atomic mass is 16.6. The van der Waals surface area contributed by atoms with Crippen molar-refractivity contribution in [3.8, 4) is 0 Å². The summed E-state index contributed by atoms with van der Waals surface area (Å²) in [5.41, 5.74) is 0. The molecule has 1 rings (SSSR count). The van der Waals surface area contributed by atoms with Gasteiger partial charge in [0.05, 0.1) is 0 Å². The lowest BCUT2D eigenvalue weighted by atomic mass is 10.1. The molecule has 0 aromatic rings. The number of carbonyl (C=O) groups excluding carboxylic acids is 1. The predicted octanol–water partition coefficient (Wildman–Crippen LogP) is 2.73. The van der Waals surface area contributed by atoms with E-state index in [9.17, 15) is 4.79 Å². The second-order valence-electron chi connectivity index (χ2n) is 5.40. The Balaban J connectivity index is 2.21. The summed E-state index contributed by atoms with van der Waals surface area (Å²) in [6.45, 7) is 5.45. The van der Waals surface area contributed by atoms with Gasteiger partial charge in [-0.3, -0.25) is 4.90 Å². The van der Waals surface area contributed by atoms with Crippen LogP contribution in [0.1, 0.15) is 45.4 Å². The molecule has 0 aromatic heterocycles. The smallest absolute Gasteiger partial charge is 0.409 e. The average Bonchev–Trinajstić information content (AvgIpc) is 2.35. The topological polar surface area (TPSA) is 32.8 Å². The lowest BCUT2D eigenvalue weighted by Gasteiger charge is -2.32. The SMILES string of the molecule is CCCCCCN1CCC[C@@H](OC(=O)N(C)C)C1. The standard InChI is InChI=1S/C14H28N2O2/c1-4-5-6-7-10-16-11-8-9-13(12-16)18-14(17)15(2)3/h13H,4-12H2,1-3H3/t13-/m1/s1. The number of likely N-dealkylation sites (tertiary alicyclic amines) is 1. The van der Waals surface area contributed by atoms with E-state index < -0.39 is 0 Å². The maximum atomic E-state index is 11.5. The van der Waals surface area contributed by atoms with Crippen molar-refractivity contribution in [1.29, 1.82) is 0 Å². The van der Waals surface area contributed by atoms with E-state index >= 15 is 0 Å². The Kier molecular flexibility index (Phi) is 7.09. The minimum atomic E-state index is -0.215. The summed E-state index contributed by atoms with van der Waals surface area (Å²) in [7, 11) is 3.46. The molecule has 0 saturated carbocycles. The van der Waals surface area contributed by atoms with Crippen molar-refractivity contribution in [2.24, 2.45) is 0 Å². The zero-order valence-electron chi connectivity index (χ0n) is 12.2. The van der Waals surface area contributed by atoms with Crippen molar-refractivity contribution >= 4 is 6.09 Å². The summed E-state index contributed by atoms with van der Waals surface area (Å²) in [4.78, 5) is 15.4. The van der Waals surface area contributed by atoms with Crippen molar-refractivity contribution in [1.82, 2.24) is 9.80 Å². The Labute approximate surface area is 111 Å². The predicted molar refractivity (Wildman–Crippen MR) is 73.8 cm³/mol. The number of unbranched alkanes of at least 4 members (excludes halogenated alkanes) is 3. The van der Waals surface area contributed by atoms with Crippen molar-refractivity contribution in [2.75, 3.05) is 33.7 Å². The molecule has 1 saturated heterocycles. The van der Waals surface area contributed by atoms with E-state index in [4.69, 9.17) is 4.74 Å². The van der Waals surface area contributed by atoms with E-state index in [1.807, 2.05) is 0 Å².